The van der Waals surface area contributed by atoms with Crippen LogP contribution in [0.15, 0.2) is 12.4 Å². The van der Waals surface area contributed by atoms with Gasteiger partial charge >= 0.3 is 6.03 Å². The van der Waals surface area contributed by atoms with Crippen molar-refractivity contribution in [3.63, 3.8) is 0 Å². The Morgan fingerprint density at radius 1 is 1.35 bits per heavy atom. The molecule has 2 rings (SSSR count). The van der Waals surface area contributed by atoms with Crippen LogP contribution in [0.1, 0.15) is 6.92 Å². The summed E-state index contributed by atoms with van der Waals surface area (Å²) in [6, 6.07) is -0.139. The van der Waals surface area contributed by atoms with Crippen molar-refractivity contribution in [2.75, 3.05) is 38.0 Å². The zero-order valence-electron chi connectivity index (χ0n) is 11.6. The molecule has 0 radical (unpaired) electrons. The van der Waals surface area contributed by atoms with Crippen molar-refractivity contribution in [2.45, 2.75) is 13.5 Å². The first kappa shape index (κ1) is 14.3. The maximum Gasteiger partial charge on any atom is 0.322 e. The molecule has 0 bridgehead atoms. The normalized spacial score (nSPS) is 16.1. The second-order valence-electron chi connectivity index (χ2n) is 4.74. The summed E-state index contributed by atoms with van der Waals surface area (Å²) in [5, 5.41) is 6.73. The molecule has 0 aliphatic carbocycles. The number of hydrogen-bond donors (Lipinski definition) is 2. The molecular weight excluding hydrogens is 260 g/mol. The van der Waals surface area contributed by atoms with Gasteiger partial charge in [-0.15, -0.1) is 0 Å². The van der Waals surface area contributed by atoms with Crippen molar-refractivity contribution in [3.05, 3.63) is 12.4 Å². The highest BCUT2D eigenvalue weighted by atomic mass is 16.2. The first-order chi connectivity index (χ1) is 9.58. The third kappa shape index (κ3) is 3.70. The number of amides is 3. The Bertz CT molecular complexity index is 478. The smallest absolute Gasteiger partial charge is 0.322 e. The summed E-state index contributed by atoms with van der Waals surface area (Å²) in [6.45, 7) is 6.35. The van der Waals surface area contributed by atoms with Gasteiger partial charge in [-0.1, -0.05) is 6.92 Å². The molecule has 8 heteroatoms. The van der Waals surface area contributed by atoms with Gasteiger partial charge in [0, 0.05) is 32.4 Å². The number of carbonyl (C=O) groups excluding carboxylic acids is 2. The van der Waals surface area contributed by atoms with Gasteiger partial charge in [0.1, 0.15) is 6.54 Å². The number of anilines is 1. The molecule has 0 saturated carbocycles. The van der Waals surface area contributed by atoms with Crippen LogP contribution in [0.2, 0.25) is 0 Å². The average Bonchev–Trinajstić information content (AvgIpc) is 2.85. The van der Waals surface area contributed by atoms with Gasteiger partial charge in [-0.2, -0.15) is 5.10 Å². The summed E-state index contributed by atoms with van der Waals surface area (Å²) < 4.78 is 1.40. The van der Waals surface area contributed by atoms with E-state index in [0.29, 0.717) is 5.69 Å². The number of urea groups is 1. The summed E-state index contributed by atoms with van der Waals surface area (Å²) in [5.41, 5.74) is 5.64. The summed E-state index contributed by atoms with van der Waals surface area (Å²) in [7, 11) is 0. The minimum atomic E-state index is -0.471. The topological polar surface area (TPSA) is 96.5 Å². The largest absolute Gasteiger partial charge is 0.368 e. The first-order valence-electron chi connectivity index (χ1n) is 6.67. The van der Waals surface area contributed by atoms with E-state index < -0.39 is 5.91 Å². The lowest BCUT2D eigenvalue weighted by Crippen LogP contribution is -2.49. The molecule has 1 fully saturated rings. The van der Waals surface area contributed by atoms with Crippen LogP contribution in [0.25, 0.3) is 0 Å². The molecule has 2 heterocycles. The maximum absolute atomic E-state index is 12.1. The summed E-state index contributed by atoms with van der Waals surface area (Å²) in [5.74, 6) is -0.471. The highest BCUT2D eigenvalue weighted by molar-refractivity contribution is 5.89. The molecule has 3 N–H and O–H groups in total. The van der Waals surface area contributed by atoms with Crippen LogP contribution in [0, 0.1) is 0 Å². The lowest BCUT2D eigenvalue weighted by Gasteiger charge is -2.33. The van der Waals surface area contributed by atoms with Gasteiger partial charge in [-0.25, -0.2) is 4.79 Å². The number of likely N-dealkylation sites (N-methyl/N-ethyl adjacent to an activating group) is 1. The number of primary amides is 1. The van der Waals surface area contributed by atoms with E-state index in [2.05, 4.69) is 22.2 Å². The Kier molecular flexibility index (Phi) is 4.57. The van der Waals surface area contributed by atoms with Gasteiger partial charge in [0.25, 0.3) is 0 Å². The monoisotopic (exact) mass is 280 g/mol. The third-order valence-corrected chi connectivity index (χ3v) is 3.31. The number of rotatable bonds is 4. The van der Waals surface area contributed by atoms with E-state index in [0.717, 1.165) is 32.7 Å². The molecule has 1 aliphatic rings. The average molecular weight is 280 g/mol. The number of nitrogens with one attached hydrogen (secondary N) is 1. The van der Waals surface area contributed by atoms with Gasteiger partial charge < -0.3 is 20.9 Å². The van der Waals surface area contributed by atoms with Crippen LogP contribution in [0.4, 0.5) is 10.5 Å². The van der Waals surface area contributed by atoms with Crippen molar-refractivity contribution in [1.82, 2.24) is 19.6 Å². The molecule has 0 atom stereocenters. The molecule has 0 unspecified atom stereocenters. The molecule has 8 nitrogen and oxygen atoms in total. The SMILES string of the molecule is CCN1CCN(C(=O)Nc2cnn(CC(N)=O)c2)CC1. The number of carbonyl (C=O) groups is 2. The number of hydrogen-bond acceptors (Lipinski definition) is 4. The zero-order valence-corrected chi connectivity index (χ0v) is 11.6. The van der Waals surface area contributed by atoms with E-state index in [1.165, 1.54) is 10.9 Å². The Balaban J connectivity index is 1.85. The fraction of sp³-hybridized carbons (Fsp3) is 0.583. The number of nitrogens with two attached hydrogens (primary N) is 1. The molecule has 1 aromatic heterocycles. The predicted molar refractivity (Wildman–Crippen MR) is 74.1 cm³/mol. The van der Waals surface area contributed by atoms with Crippen LogP contribution < -0.4 is 11.1 Å². The van der Waals surface area contributed by atoms with E-state index in [-0.39, 0.29) is 12.6 Å². The third-order valence-electron chi connectivity index (χ3n) is 3.31. The highest BCUT2D eigenvalue weighted by Gasteiger charge is 2.20. The molecule has 1 aromatic rings. The van der Waals surface area contributed by atoms with Crippen LogP contribution >= 0.6 is 0 Å². The van der Waals surface area contributed by atoms with E-state index >= 15 is 0 Å². The highest BCUT2D eigenvalue weighted by Crippen LogP contribution is 2.08. The Hall–Kier alpha value is -2.09. The number of nitrogens with zero attached hydrogens (tertiary/aromatic N) is 4. The predicted octanol–water partition coefficient (Wildman–Crippen LogP) is -0.462. The van der Waals surface area contributed by atoms with E-state index in [4.69, 9.17) is 5.73 Å². The Morgan fingerprint density at radius 2 is 2.05 bits per heavy atom. The second kappa shape index (κ2) is 6.38. The lowest BCUT2D eigenvalue weighted by molar-refractivity contribution is -0.118. The zero-order chi connectivity index (χ0) is 14.5. The van der Waals surface area contributed by atoms with E-state index in [9.17, 15) is 9.59 Å². The Morgan fingerprint density at radius 3 is 2.65 bits per heavy atom. The van der Waals surface area contributed by atoms with Crippen LogP contribution in [0.3, 0.4) is 0 Å². The molecule has 0 spiro atoms. The van der Waals surface area contributed by atoms with Crippen molar-refractivity contribution in [3.8, 4) is 0 Å². The van der Waals surface area contributed by atoms with Gasteiger partial charge in [0.05, 0.1) is 11.9 Å². The van der Waals surface area contributed by atoms with Crippen molar-refractivity contribution in [1.29, 1.82) is 0 Å². The minimum absolute atomic E-state index is 0.00500. The molecule has 1 saturated heterocycles. The van der Waals surface area contributed by atoms with Crippen LogP contribution in [-0.2, 0) is 11.3 Å². The minimum Gasteiger partial charge on any atom is -0.368 e. The van der Waals surface area contributed by atoms with Crippen LogP contribution in [-0.4, -0.2) is 64.2 Å². The standard InChI is InChI=1S/C12H20N6O2/c1-2-16-3-5-17(6-4-16)12(20)15-10-7-14-18(8-10)9-11(13)19/h7-8H,2-6,9H2,1H3,(H2,13,19)(H,15,20). The fourth-order valence-electron chi connectivity index (χ4n) is 2.14. The lowest BCUT2D eigenvalue weighted by atomic mass is 10.3. The molecule has 3 amide bonds. The van der Waals surface area contributed by atoms with Gasteiger partial charge in [0.2, 0.25) is 5.91 Å². The van der Waals surface area contributed by atoms with Gasteiger partial charge in [-0.05, 0) is 6.54 Å². The second-order valence-corrected chi connectivity index (χ2v) is 4.74. The number of piperazine rings is 1. The maximum atomic E-state index is 12.1. The van der Waals surface area contributed by atoms with Gasteiger partial charge in [0.15, 0.2) is 0 Å². The fourth-order valence-corrected chi connectivity index (χ4v) is 2.14. The molecular formula is C12H20N6O2. The van der Waals surface area contributed by atoms with Gasteiger partial charge in [-0.3, -0.25) is 9.48 Å². The molecule has 20 heavy (non-hydrogen) atoms. The number of aromatic nitrogens is 2. The summed E-state index contributed by atoms with van der Waals surface area (Å²) >= 11 is 0. The Labute approximate surface area is 117 Å². The van der Waals surface area contributed by atoms with Crippen molar-refractivity contribution in [2.24, 2.45) is 5.73 Å². The molecule has 0 aromatic carbocycles. The van der Waals surface area contributed by atoms with Crippen molar-refractivity contribution < 1.29 is 9.59 Å². The molecule has 110 valence electrons. The molecule has 1 aliphatic heterocycles. The first-order valence-corrected chi connectivity index (χ1v) is 6.67. The summed E-state index contributed by atoms with van der Waals surface area (Å²) in [4.78, 5) is 26.9. The van der Waals surface area contributed by atoms with E-state index in [1.807, 2.05) is 0 Å². The summed E-state index contributed by atoms with van der Waals surface area (Å²) in [6.07, 6.45) is 3.09. The quantitative estimate of drug-likeness (QED) is 0.780. The van der Waals surface area contributed by atoms with Crippen LogP contribution in [0.5, 0.6) is 0 Å². The van der Waals surface area contributed by atoms with E-state index in [1.54, 1.807) is 11.1 Å². The van der Waals surface area contributed by atoms with Crippen molar-refractivity contribution >= 4 is 17.6 Å².